The molecular formula is C31H50O8P2. The van der Waals surface area contributed by atoms with Gasteiger partial charge < -0.3 is 9.05 Å². The zero-order chi connectivity index (χ0) is 30.8. The Morgan fingerprint density at radius 2 is 1.24 bits per heavy atom. The Hall–Kier alpha value is -1.66. The van der Waals surface area contributed by atoms with Crippen LogP contribution in [0.25, 0.3) is 10.8 Å². The van der Waals surface area contributed by atoms with E-state index >= 15 is 0 Å². The molecule has 0 aromatic heterocycles. The van der Waals surface area contributed by atoms with Crippen LogP contribution in [0.4, 0.5) is 0 Å². The molecule has 0 saturated heterocycles. The molecule has 0 unspecified atom stereocenters. The first kappa shape index (κ1) is 35.5. The van der Waals surface area contributed by atoms with E-state index in [2.05, 4.69) is 27.7 Å². The first-order valence-corrected chi connectivity index (χ1v) is 17.8. The largest absolute Gasteiger partial charge is 0.524 e. The van der Waals surface area contributed by atoms with Gasteiger partial charge in [0.1, 0.15) is 11.5 Å². The molecule has 2 atom stereocenters. The van der Waals surface area contributed by atoms with E-state index in [9.17, 15) is 28.7 Å². The molecule has 2 aromatic rings. The number of benzene rings is 2. The molecule has 0 aliphatic carbocycles. The molecule has 10 heteroatoms. The molecular weight excluding hydrogens is 562 g/mol. The van der Waals surface area contributed by atoms with Gasteiger partial charge in [0.2, 0.25) is 0 Å². The van der Waals surface area contributed by atoms with Gasteiger partial charge in [0.05, 0.1) is 0 Å². The zero-order valence-electron chi connectivity index (χ0n) is 25.5. The van der Waals surface area contributed by atoms with Gasteiger partial charge in [-0.05, 0) is 56.4 Å². The van der Waals surface area contributed by atoms with E-state index < -0.39 is 15.6 Å². The average molecular weight is 613 g/mol. The summed E-state index contributed by atoms with van der Waals surface area (Å²) in [6.45, 7) is 12.9. The number of phosphoric acid groups is 2. The smallest absolute Gasteiger partial charge is 0.403 e. The summed E-state index contributed by atoms with van der Waals surface area (Å²) >= 11 is 0. The van der Waals surface area contributed by atoms with Crippen LogP contribution >= 0.6 is 15.6 Å². The summed E-state index contributed by atoms with van der Waals surface area (Å²) in [5, 5.41) is 0.592. The first-order valence-electron chi connectivity index (χ1n) is 14.8. The van der Waals surface area contributed by atoms with Crippen LogP contribution in [0.1, 0.15) is 104 Å². The van der Waals surface area contributed by atoms with Gasteiger partial charge in [0.15, 0.2) is 0 Å². The summed E-state index contributed by atoms with van der Waals surface area (Å²) in [6, 6.07) is 6.46. The van der Waals surface area contributed by atoms with E-state index in [1.165, 1.54) is 38.5 Å². The van der Waals surface area contributed by atoms with Gasteiger partial charge in [-0.2, -0.15) is 0 Å². The molecule has 0 saturated carbocycles. The quantitative estimate of drug-likeness (QED) is 0.0968. The minimum atomic E-state index is -4.91. The van der Waals surface area contributed by atoms with Crippen LogP contribution in [0.5, 0.6) is 11.5 Å². The average Bonchev–Trinajstić information content (AvgIpc) is 2.84. The van der Waals surface area contributed by atoms with Crippen molar-refractivity contribution in [2.75, 3.05) is 0 Å². The Labute approximate surface area is 246 Å². The third-order valence-electron chi connectivity index (χ3n) is 7.70. The number of fused-ring (bicyclic) bond motifs is 1. The minimum Gasteiger partial charge on any atom is -0.403 e. The van der Waals surface area contributed by atoms with Crippen molar-refractivity contribution in [3.8, 4) is 11.5 Å². The van der Waals surface area contributed by atoms with E-state index in [0.29, 0.717) is 27.8 Å². The maximum atomic E-state index is 11.8. The molecule has 0 amide bonds. The van der Waals surface area contributed by atoms with Gasteiger partial charge in [0.25, 0.3) is 0 Å². The van der Waals surface area contributed by atoms with E-state index in [1.54, 1.807) is 31.2 Å². The van der Waals surface area contributed by atoms with Crippen LogP contribution in [0, 0.1) is 24.7 Å². The third-order valence-corrected chi connectivity index (χ3v) is 8.54. The maximum absolute atomic E-state index is 11.8. The molecule has 0 aliphatic heterocycles. The molecule has 2 aromatic carbocycles. The highest BCUT2D eigenvalue weighted by molar-refractivity contribution is 7.47. The lowest BCUT2D eigenvalue weighted by atomic mass is 9.91. The van der Waals surface area contributed by atoms with E-state index in [4.69, 9.17) is 9.05 Å². The van der Waals surface area contributed by atoms with Crippen molar-refractivity contribution < 1.29 is 37.8 Å². The second kappa shape index (κ2) is 16.3. The summed E-state index contributed by atoms with van der Waals surface area (Å²) in [4.78, 5) is 38.3. The monoisotopic (exact) mass is 612 g/mol. The summed E-state index contributed by atoms with van der Waals surface area (Å²) in [5.41, 5.74) is 1.89. The van der Waals surface area contributed by atoms with Gasteiger partial charge in [-0.1, -0.05) is 109 Å². The van der Waals surface area contributed by atoms with Crippen LogP contribution in [0.15, 0.2) is 35.9 Å². The standard InChI is InChI=1S/C31H50O8P2/c1-22(2)12-9-13-23(3)14-10-15-24(4)16-11-17-25(5)20-21-27-26(6)30(38-40(32,33)34)28-18-7-8-19-29(28)31(27)39-41(35,36)37/h7-8,18-20,22-24H,9-17,21H2,1-6H3,(H2,32,33,34)(H2,35,36,37)/b25-20+/t23-,24-/m1/s1. The van der Waals surface area contributed by atoms with E-state index in [-0.39, 0.29) is 17.9 Å². The highest BCUT2D eigenvalue weighted by Gasteiger charge is 2.27. The molecule has 0 radical (unpaired) electrons. The van der Waals surface area contributed by atoms with Crippen LogP contribution < -0.4 is 9.05 Å². The van der Waals surface area contributed by atoms with Gasteiger partial charge in [-0.3, -0.25) is 19.6 Å². The molecule has 41 heavy (non-hydrogen) atoms. The summed E-state index contributed by atoms with van der Waals surface area (Å²) in [6.07, 6.45) is 13.1. The van der Waals surface area contributed by atoms with Gasteiger partial charge in [-0.15, -0.1) is 0 Å². The molecule has 2 rings (SSSR count). The van der Waals surface area contributed by atoms with Crippen molar-refractivity contribution in [2.24, 2.45) is 17.8 Å². The Morgan fingerprint density at radius 3 is 1.76 bits per heavy atom. The second-order valence-corrected chi connectivity index (χ2v) is 14.4. The zero-order valence-corrected chi connectivity index (χ0v) is 27.3. The number of hydrogen-bond acceptors (Lipinski definition) is 4. The van der Waals surface area contributed by atoms with Gasteiger partial charge in [0, 0.05) is 16.3 Å². The SMILES string of the molecule is C/C(=C\Cc1c(C)c(OP(=O)(O)O)c2ccccc2c1OP(=O)(O)O)CCC[C@H](C)CCC[C@H](C)CCCC(C)C. The Kier molecular flexibility index (Phi) is 14.1. The van der Waals surface area contributed by atoms with Crippen LogP contribution in [-0.4, -0.2) is 19.6 Å². The van der Waals surface area contributed by atoms with Gasteiger partial charge >= 0.3 is 15.6 Å². The fourth-order valence-corrected chi connectivity index (χ4v) is 6.26. The first-order chi connectivity index (χ1) is 19.1. The van der Waals surface area contributed by atoms with Crippen LogP contribution in [-0.2, 0) is 15.6 Å². The number of hydrogen-bond donors (Lipinski definition) is 4. The van der Waals surface area contributed by atoms with Gasteiger partial charge in [-0.25, -0.2) is 9.13 Å². The van der Waals surface area contributed by atoms with Crippen molar-refractivity contribution in [3.05, 3.63) is 47.0 Å². The molecule has 8 nitrogen and oxygen atoms in total. The predicted octanol–water partition coefficient (Wildman–Crippen LogP) is 9.02. The molecule has 0 fully saturated rings. The lowest BCUT2D eigenvalue weighted by Crippen LogP contribution is -2.03. The van der Waals surface area contributed by atoms with Crippen LogP contribution in [0.2, 0.25) is 0 Å². The fourth-order valence-electron chi connectivity index (χ4n) is 5.34. The summed E-state index contributed by atoms with van der Waals surface area (Å²) in [7, 11) is -9.80. The lowest BCUT2D eigenvalue weighted by molar-refractivity contribution is 0.278. The molecule has 0 aliphatic rings. The third kappa shape index (κ3) is 13.0. The Bertz CT molecular complexity index is 1240. The fraction of sp³-hybridized carbons (Fsp3) is 0.613. The Balaban J connectivity index is 2.07. The van der Waals surface area contributed by atoms with E-state index in [0.717, 1.165) is 36.7 Å². The van der Waals surface area contributed by atoms with Crippen LogP contribution in [0.3, 0.4) is 0 Å². The van der Waals surface area contributed by atoms with E-state index in [1.807, 2.05) is 13.0 Å². The second-order valence-electron chi connectivity index (χ2n) is 12.1. The number of allylic oxidation sites excluding steroid dienone is 2. The van der Waals surface area contributed by atoms with Crippen molar-refractivity contribution in [3.63, 3.8) is 0 Å². The minimum absolute atomic E-state index is 0.0133. The maximum Gasteiger partial charge on any atom is 0.524 e. The summed E-state index contributed by atoms with van der Waals surface area (Å²) in [5.74, 6) is 2.18. The van der Waals surface area contributed by atoms with Crippen molar-refractivity contribution in [1.82, 2.24) is 0 Å². The van der Waals surface area contributed by atoms with Crippen molar-refractivity contribution in [2.45, 2.75) is 106 Å². The van der Waals surface area contributed by atoms with Crippen molar-refractivity contribution in [1.29, 1.82) is 0 Å². The Morgan fingerprint density at radius 1 is 0.780 bits per heavy atom. The number of phosphoric ester groups is 2. The molecule has 0 bridgehead atoms. The highest BCUT2D eigenvalue weighted by Crippen LogP contribution is 2.50. The number of rotatable bonds is 18. The summed E-state index contributed by atoms with van der Waals surface area (Å²) < 4.78 is 33.7. The van der Waals surface area contributed by atoms with Crippen molar-refractivity contribution >= 4 is 26.4 Å². The molecule has 232 valence electrons. The normalized spacial score (nSPS) is 14.5. The topological polar surface area (TPSA) is 134 Å². The lowest BCUT2D eigenvalue weighted by Gasteiger charge is -2.21. The highest BCUT2D eigenvalue weighted by atomic mass is 31.2. The molecule has 0 heterocycles. The molecule has 0 spiro atoms. The molecule has 4 N–H and O–H groups in total. The predicted molar refractivity (Wildman–Crippen MR) is 166 cm³/mol.